The Hall–Kier alpha value is -2.39. The number of nitrogens with zero attached hydrogens (tertiary/aromatic N) is 2. The number of fused-ring (bicyclic) bond motifs is 3. The Bertz CT molecular complexity index is 916. The van der Waals surface area contributed by atoms with Gasteiger partial charge in [0, 0.05) is 10.9 Å². The van der Waals surface area contributed by atoms with Gasteiger partial charge in [0.25, 0.3) is 0 Å². The van der Waals surface area contributed by atoms with Crippen LogP contribution < -0.4 is 0 Å². The number of hydrogen-bond donors (Lipinski definition) is 0. The fourth-order valence-electron chi connectivity index (χ4n) is 2.40. The largest absolute Gasteiger partial charge is 0.438 e. The zero-order valence-corrected chi connectivity index (χ0v) is 11.1. The van der Waals surface area contributed by atoms with Crippen molar-refractivity contribution in [2.45, 2.75) is 0 Å². The van der Waals surface area contributed by atoms with Crippen LogP contribution in [-0.4, -0.2) is 9.97 Å². The van der Waals surface area contributed by atoms with Crippen molar-refractivity contribution in [3.8, 4) is 11.3 Å². The molecule has 0 aliphatic heterocycles. The lowest BCUT2D eigenvalue weighted by Crippen LogP contribution is -1.88. The van der Waals surface area contributed by atoms with Gasteiger partial charge in [-0.2, -0.15) is 4.98 Å². The third kappa shape index (κ3) is 1.67. The molecule has 0 fully saturated rings. The summed E-state index contributed by atoms with van der Waals surface area (Å²) in [5.74, 6) is 0. The van der Waals surface area contributed by atoms with Crippen molar-refractivity contribution in [2.75, 3.05) is 0 Å². The van der Waals surface area contributed by atoms with Crippen LogP contribution in [0.25, 0.3) is 33.3 Å². The molecule has 2 aromatic carbocycles. The standard InChI is InChI=1S/C16H9ClN2O/c17-16-18-14(10-6-2-1-3-7-10)13-11-8-4-5-9-12(11)20-15(13)19-16/h1-9H. The second-order valence-electron chi connectivity index (χ2n) is 4.49. The molecule has 20 heavy (non-hydrogen) atoms. The zero-order valence-electron chi connectivity index (χ0n) is 10.4. The first-order valence-corrected chi connectivity index (χ1v) is 6.61. The Labute approximate surface area is 119 Å². The summed E-state index contributed by atoms with van der Waals surface area (Å²) in [6.07, 6.45) is 0. The molecule has 0 atom stereocenters. The Morgan fingerprint density at radius 2 is 1.60 bits per heavy atom. The predicted molar refractivity (Wildman–Crippen MR) is 79.8 cm³/mol. The Morgan fingerprint density at radius 3 is 2.45 bits per heavy atom. The molecule has 4 aromatic rings. The van der Waals surface area contributed by atoms with Crippen molar-refractivity contribution in [3.63, 3.8) is 0 Å². The third-order valence-electron chi connectivity index (χ3n) is 3.26. The molecular formula is C16H9ClN2O. The van der Waals surface area contributed by atoms with E-state index in [1.165, 1.54) is 0 Å². The minimum absolute atomic E-state index is 0.190. The predicted octanol–water partition coefficient (Wildman–Crippen LogP) is 4.70. The van der Waals surface area contributed by atoms with Gasteiger partial charge in [0.1, 0.15) is 5.58 Å². The van der Waals surface area contributed by atoms with E-state index in [4.69, 9.17) is 16.0 Å². The maximum atomic E-state index is 6.02. The molecule has 0 spiro atoms. The summed E-state index contributed by atoms with van der Waals surface area (Å²) < 4.78 is 5.76. The van der Waals surface area contributed by atoms with E-state index >= 15 is 0 Å². The highest BCUT2D eigenvalue weighted by Gasteiger charge is 2.15. The fraction of sp³-hybridized carbons (Fsp3) is 0. The number of hydrogen-bond acceptors (Lipinski definition) is 3. The van der Waals surface area contributed by atoms with Gasteiger partial charge in [-0.05, 0) is 17.7 Å². The van der Waals surface area contributed by atoms with Crippen LogP contribution in [0.2, 0.25) is 5.28 Å². The van der Waals surface area contributed by atoms with E-state index in [2.05, 4.69) is 9.97 Å². The monoisotopic (exact) mass is 280 g/mol. The van der Waals surface area contributed by atoms with E-state index in [1.54, 1.807) is 0 Å². The Morgan fingerprint density at radius 1 is 0.850 bits per heavy atom. The summed E-state index contributed by atoms with van der Waals surface area (Å²) in [4.78, 5) is 8.57. The van der Waals surface area contributed by atoms with E-state index in [1.807, 2.05) is 54.6 Å². The Kier molecular flexibility index (Phi) is 2.47. The first kappa shape index (κ1) is 11.4. The van der Waals surface area contributed by atoms with Gasteiger partial charge in [-0.3, -0.25) is 0 Å². The molecule has 0 bridgehead atoms. The summed E-state index contributed by atoms with van der Waals surface area (Å²) in [6.45, 7) is 0. The van der Waals surface area contributed by atoms with E-state index in [0.29, 0.717) is 5.71 Å². The molecule has 3 nitrogen and oxygen atoms in total. The fourth-order valence-corrected chi connectivity index (χ4v) is 2.56. The van der Waals surface area contributed by atoms with Crippen molar-refractivity contribution in [3.05, 3.63) is 59.9 Å². The summed E-state index contributed by atoms with van der Waals surface area (Å²) in [5.41, 5.74) is 3.10. The molecule has 0 N–H and O–H groups in total. The van der Waals surface area contributed by atoms with E-state index in [-0.39, 0.29) is 5.28 Å². The molecule has 2 heterocycles. The number of aromatic nitrogens is 2. The highest BCUT2D eigenvalue weighted by Crippen LogP contribution is 2.34. The summed E-state index contributed by atoms with van der Waals surface area (Å²) >= 11 is 6.02. The quantitative estimate of drug-likeness (QED) is 0.475. The molecule has 4 rings (SSSR count). The summed E-state index contributed by atoms with van der Waals surface area (Å²) in [5, 5.41) is 2.09. The van der Waals surface area contributed by atoms with Crippen LogP contribution in [0.4, 0.5) is 0 Å². The van der Waals surface area contributed by atoms with Crippen LogP contribution >= 0.6 is 11.6 Å². The normalized spacial score (nSPS) is 11.2. The van der Waals surface area contributed by atoms with Crippen molar-refractivity contribution in [2.24, 2.45) is 0 Å². The third-order valence-corrected chi connectivity index (χ3v) is 3.43. The zero-order chi connectivity index (χ0) is 13.5. The van der Waals surface area contributed by atoms with Gasteiger partial charge in [0.05, 0.1) is 11.1 Å². The number of para-hydroxylation sites is 1. The van der Waals surface area contributed by atoms with Crippen LogP contribution in [-0.2, 0) is 0 Å². The van der Waals surface area contributed by atoms with E-state index in [9.17, 15) is 0 Å². The van der Waals surface area contributed by atoms with Crippen molar-refractivity contribution in [1.29, 1.82) is 0 Å². The second kappa shape index (κ2) is 4.32. The van der Waals surface area contributed by atoms with Gasteiger partial charge >= 0.3 is 0 Å². The highest BCUT2D eigenvalue weighted by atomic mass is 35.5. The van der Waals surface area contributed by atoms with Crippen LogP contribution in [0.5, 0.6) is 0 Å². The first-order chi connectivity index (χ1) is 9.83. The molecule has 96 valence electrons. The van der Waals surface area contributed by atoms with Crippen LogP contribution in [0.3, 0.4) is 0 Å². The maximum absolute atomic E-state index is 6.02. The Balaban J connectivity index is 2.19. The smallest absolute Gasteiger partial charge is 0.232 e. The molecule has 0 aliphatic carbocycles. The average Bonchev–Trinajstić information content (AvgIpc) is 2.85. The first-order valence-electron chi connectivity index (χ1n) is 6.23. The van der Waals surface area contributed by atoms with E-state index in [0.717, 1.165) is 27.6 Å². The van der Waals surface area contributed by atoms with Crippen molar-refractivity contribution >= 4 is 33.7 Å². The van der Waals surface area contributed by atoms with Gasteiger partial charge in [-0.15, -0.1) is 0 Å². The molecule has 0 saturated carbocycles. The van der Waals surface area contributed by atoms with Crippen molar-refractivity contribution in [1.82, 2.24) is 9.97 Å². The molecule has 2 aromatic heterocycles. The van der Waals surface area contributed by atoms with Crippen LogP contribution in [0.15, 0.2) is 59.0 Å². The minimum atomic E-state index is 0.190. The topological polar surface area (TPSA) is 38.9 Å². The van der Waals surface area contributed by atoms with Crippen LogP contribution in [0.1, 0.15) is 0 Å². The molecular weight excluding hydrogens is 272 g/mol. The molecule has 0 radical (unpaired) electrons. The number of rotatable bonds is 1. The summed E-state index contributed by atoms with van der Waals surface area (Å²) in [6, 6.07) is 17.7. The molecule has 4 heteroatoms. The average molecular weight is 281 g/mol. The van der Waals surface area contributed by atoms with Gasteiger partial charge < -0.3 is 4.42 Å². The second-order valence-corrected chi connectivity index (χ2v) is 4.82. The van der Waals surface area contributed by atoms with Gasteiger partial charge in [0.15, 0.2) is 0 Å². The molecule has 0 unspecified atom stereocenters. The van der Waals surface area contributed by atoms with Gasteiger partial charge in [-0.25, -0.2) is 4.98 Å². The van der Waals surface area contributed by atoms with Crippen LogP contribution in [0, 0.1) is 0 Å². The lowest BCUT2D eigenvalue weighted by atomic mass is 10.1. The van der Waals surface area contributed by atoms with E-state index < -0.39 is 0 Å². The lowest BCUT2D eigenvalue weighted by molar-refractivity contribution is 0.653. The number of furan rings is 1. The number of halogens is 1. The van der Waals surface area contributed by atoms with Crippen molar-refractivity contribution < 1.29 is 4.42 Å². The molecule has 0 aliphatic rings. The molecule has 0 amide bonds. The number of benzene rings is 2. The summed E-state index contributed by atoms with van der Waals surface area (Å²) in [7, 11) is 0. The lowest BCUT2D eigenvalue weighted by Gasteiger charge is -2.02. The molecule has 0 saturated heterocycles. The minimum Gasteiger partial charge on any atom is -0.438 e. The SMILES string of the molecule is Clc1nc(-c2ccccc2)c2c(n1)oc1ccccc12. The highest BCUT2D eigenvalue weighted by molar-refractivity contribution is 6.29. The van der Waals surface area contributed by atoms with Gasteiger partial charge in [-0.1, -0.05) is 48.5 Å². The maximum Gasteiger partial charge on any atom is 0.232 e. The van der Waals surface area contributed by atoms with Gasteiger partial charge in [0.2, 0.25) is 11.0 Å².